The fourth-order valence-corrected chi connectivity index (χ4v) is 2.04. The van der Waals surface area contributed by atoms with Crippen LogP contribution in [0.3, 0.4) is 0 Å². The van der Waals surface area contributed by atoms with Crippen molar-refractivity contribution in [2.45, 2.75) is 0 Å². The fourth-order valence-electron chi connectivity index (χ4n) is 1.39. The summed E-state index contributed by atoms with van der Waals surface area (Å²) < 4.78 is 10.4. The molecule has 0 aliphatic carbocycles. The molecule has 0 saturated heterocycles. The minimum atomic E-state index is -4.64. The van der Waals surface area contributed by atoms with Gasteiger partial charge in [-0.2, -0.15) is 0 Å². The summed E-state index contributed by atoms with van der Waals surface area (Å²) in [6, 6.07) is 15.0. The summed E-state index contributed by atoms with van der Waals surface area (Å²) in [5.74, 6) is 0. The third kappa shape index (κ3) is 5.23. The first-order chi connectivity index (χ1) is 7.38. The molecule has 80 valence electrons. The summed E-state index contributed by atoms with van der Waals surface area (Å²) >= 11 is 1.14. The van der Waals surface area contributed by atoms with Gasteiger partial charge in [-0.1, -0.05) is 0 Å². The molecule has 0 bridgehead atoms. The van der Waals surface area contributed by atoms with E-state index in [1.165, 1.54) is 13.6 Å². The summed E-state index contributed by atoms with van der Waals surface area (Å²) in [5, 5.41) is 2.78. The van der Waals surface area contributed by atoms with Gasteiger partial charge in [-0.15, -0.1) is 0 Å². The maximum atomic E-state index is 8.88. The van der Waals surface area contributed by atoms with Crippen molar-refractivity contribution in [2.75, 3.05) is 0 Å². The molecule has 4 nitrogen and oxygen atoms in total. The third-order valence-electron chi connectivity index (χ3n) is 2.01. The zero-order valence-electron chi connectivity index (χ0n) is 8.74. The van der Waals surface area contributed by atoms with Gasteiger partial charge in [0.15, 0.2) is 0 Å². The molecule has 0 spiro atoms. The molecule has 2 aromatic carbocycles. The second kappa shape index (κ2) is 5.94. The minimum absolute atomic E-state index is 1.14. The van der Waals surface area contributed by atoms with Crippen LogP contribution in [0.25, 0.3) is 10.8 Å². The Bertz CT molecular complexity index is 509. The normalized spacial score (nSPS) is 10.8. The molecule has 0 heterocycles. The topological polar surface area (TPSA) is 77.8 Å². The molecular weight excluding hydrogens is 238 g/mol. The summed E-state index contributed by atoms with van der Waals surface area (Å²) in [4.78, 5) is 21.6. The van der Waals surface area contributed by atoms with E-state index < -0.39 is 7.82 Å². The van der Waals surface area contributed by atoms with Crippen LogP contribution in [0.15, 0.2) is 42.5 Å². The Morgan fingerprint density at radius 1 is 0.938 bits per heavy atom. The molecule has 3 N–H and O–H groups in total. The van der Waals surface area contributed by atoms with Crippen molar-refractivity contribution in [3.63, 3.8) is 0 Å². The Balaban J connectivity index is 0.000000221. The van der Waals surface area contributed by atoms with E-state index in [-0.39, 0.29) is 0 Å². The van der Waals surface area contributed by atoms with Crippen LogP contribution in [0.1, 0.15) is 0 Å². The van der Waals surface area contributed by atoms with Crippen LogP contribution in [0.4, 0.5) is 0 Å². The fraction of sp³-hybridized carbons (Fsp3) is 0. The molecule has 0 aliphatic heterocycles. The molecule has 2 rings (SSSR count). The van der Waals surface area contributed by atoms with Crippen molar-refractivity contribution < 1.29 is 19.2 Å². The molecule has 6 heteroatoms. The number of fused-ring (bicyclic) bond motifs is 1. The van der Waals surface area contributed by atoms with Gasteiger partial charge in [-0.3, -0.25) is 0 Å². The summed E-state index contributed by atoms with van der Waals surface area (Å²) in [6.45, 7) is 0. The predicted octanol–water partition coefficient (Wildman–Crippen LogP) is 0.705. The molecule has 0 fully saturated rings. The molecule has 0 radical (unpaired) electrons. The van der Waals surface area contributed by atoms with Crippen LogP contribution in [-0.4, -0.2) is 42.6 Å². The van der Waals surface area contributed by atoms with Crippen molar-refractivity contribution in [1.82, 2.24) is 0 Å². The Kier molecular flexibility index (Phi) is 5.15. The van der Waals surface area contributed by atoms with Gasteiger partial charge in [-0.05, 0) is 0 Å². The molecule has 0 aromatic heterocycles. The van der Waals surface area contributed by atoms with Crippen LogP contribution in [-0.2, 0) is 4.57 Å². The van der Waals surface area contributed by atoms with Gasteiger partial charge in [-0.25, -0.2) is 4.57 Å². The molecule has 16 heavy (non-hydrogen) atoms. The average molecular weight is 248 g/mol. The second-order valence-electron chi connectivity index (χ2n) is 3.31. The van der Waals surface area contributed by atoms with Crippen molar-refractivity contribution in [3.05, 3.63) is 42.5 Å². The van der Waals surface area contributed by atoms with E-state index >= 15 is 0 Å². The summed E-state index contributed by atoms with van der Waals surface area (Å²) in [5.41, 5.74) is 0. The van der Waals surface area contributed by atoms with Gasteiger partial charge in [0.1, 0.15) is 0 Å². The van der Waals surface area contributed by atoms with Crippen LogP contribution in [0.5, 0.6) is 0 Å². The number of hydrogen-bond acceptors (Lipinski definition) is 1. The molecule has 0 unspecified atom stereocenters. The molecular formula is C10H10NaO4P. The van der Waals surface area contributed by atoms with Crippen LogP contribution < -0.4 is 2.81 Å². The summed E-state index contributed by atoms with van der Waals surface area (Å²) in [7, 11) is -4.64. The molecule has 0 amide bonds. The molecule has 0 atom stereocenters. The van der Waals surface area contributed by atoms with E-state index in [0.717, 1.165) is 27.9 Å². The molecule has 2 aromatic rings. The standard InChI is InChI=1S/C10H7.Na.H3O4P/c1-2-6-10-8-4-3-7-9(10)5-1;;1-5(2,3)4/h1-7H;;(H3,1,2,3,4). The van der Waals surface area contributed by atoms with E-state index in [2.05, 4.69) is 42.5 Å². The first kappa shape index (κ1) is 13.9. The van der Waals surface area contributed by atoms with Gasteiger partial charge in [0.05, 0.1) is 0 Å². The van der Waals surface area contributed by atoms with Crippen LogP contribution in [0, 0.1) is 0 Å². The van der Waals surface area contributed by atoms with Crippen LogP contribution >= 0.6 is 7.82 Å². The number of rotatable bonds is 0. The van der Waals surface area contributed by atoms with Crippen molar-refractivity contribution >= 4 is 49.3 Å². The van der Waals surface area contributed by atoms with Crippen molar-refractivity contribution in [3.8, 4) is 0 Å². The van der Waals surface area contributed by atoms with Gasteiger partial charge in [0.2, 0.25) is 0 Å². The quantitative estimate of drug-likeness (QED) is 0.474. The summed E-state index contributed by atoms with van der Waals surface area (Å²) in [6.07, 6.45) is 0. The van der Waals surface area contributed by atoms with E-state index in [0.29, 0.717) is 0 Å². The Labute approximate surface area is 111 Å². The van der Waals surface area contributed by atoms with Gasteiger partial charge < -0.3 is 14.7 Å². The molecule has 0 saturated carbocycles. The van der Waals surface area contributed by atoms with E-state index in [9.17, 15) is 0 Å². The maximum absolute atomic E-state index is 8.88. The number of hydrogen-bond donors (Lipinski definition) is 3. The van der Waals surface area contributed by atoms with E-state index in [1.54, 1.807) is 0 Å². The molecule has 0 aliphatic rings. The Hall–Kier alpha value is -0.190. The van der Waals surface area contributed by atoms with Crippen molar-refractivity contribution in [2.24, 2.45) is 0 Å². The third-order valence-corrected chi connectivity index (χ3v) is 2.88. The van der Waals surface area contributed by atoms with E-state index in [4.69, 9.17) is 19.2 Å². The van der Waals surface area contributed by atoms with Gasteiger partial charge in [0, 0.05) is 0 Å². The monoisotopic (exact) mass is 248 g/mol. The number of phosphoric acid groups is 1. The first-order valence-electron chi connectivity index (χ1n) is 4.60. The SMILES string of the molecule is O=P(O)(O)O.[Na][c]1cccc2ccccc12. The second-order valence-corrected chi connectivity index (χ2v) is 5.41. The predicted molar refractivity (Wildman–Crippen MR) is 63.6 cm³/mol. The Morgan fingerprint density at radius 3 is 2.00 bits per heavy atom. The first-order valence-corrected chi connectivity index (χ1v) is 7.17. The average Bonchev–Trinajstić information content (AvgIpc) is 2.16. The van der Waals surface area contributed by atoms with Gasteiger partial charge >= 0.3 is 91.8 Å². The number of benzene rings is 2. The Morgan fingerprint density at radius 2 is 1.44 bits per heavy atom. The van der Waals surface area contributed by atoms with Gasteiger partial charge in [0.25, 0.3) is 0 Å². The zero-order valence-corrected chi connectivity index (χ0v) is 11.6. The van der Waals surface area contributed by atoms with Crippen LogP contribution in [0.2, 0.25) is 0 Å². The van der Waals surface area contributed by atoms with Crippen molar-refractivity contribution in [1.29, 1.82) is 0 Å². The van der Waals surface area contributed by atoms with E-state index in [1.807, 2.05) is 0 Å². The zero-order chi connectivity index (χ0) is 12.2.